The molecule has 0 unspecified atom stereocenters. The van der Waals surface area contributed by atoms with Crippen LogP contribution in [0.5, 0.6) is 0 Å². The molecule has 0 aliphatic carbocycles. The molecule has 0 bridgehead atoms. The van der Waals surface area contributed by atoms with Gasteiger partial charge in [-0.15, -0.1) is 0 Å². The molecule has 0 aromatic carbocycles. The molecule has 6 heteroatoms. The molecule has 0 radical (unpaired) electrons. The predicted octanol–water partition coefficient (Wildman–Crippen LogP) is 1.60. The molecule has 0 saturated heterocycles. The maximum atomic E-state index is 10.5. The highest BCUT2D eigenvalue weighted by atomic mass is 127. The Morgan fingerprint density at radius 3 is 2.72 bits per heavy atom. The van der Waals surface area contributed by atoms with Crippen LogP contribution in [0.15, 0.2) is 33.2 Å². The van der Waals surface area contributed by atoms with Crippen LogP contribution in [-0.4, -0.2) is 26.7 Å². The molecule has 0 atom stereocenters. The highest BCUT2D eigenvalue weighted by Gasteiger charge is 2.04. The molecule has 5 nitrogen and oxygen atoms in total. The number of hydrogen-bond donors (Lipinski definition) is 2. The number of ether oxygens (including phenoxy) is 1. The second-order valence-corrected chi connectivity index (χ2v) is 4.60. The maximum absolute atomic E-state index is 10.5. The van der Waals surface area contributed by atoms with Crippen LogP contribution in [-0.2, 0) is 9.53 Å². The Bertz CT molecular complexity index is 408. The summed E-state index contributed by atoms with van der Waals surface area (Å²) in [5.74, 6) is 0. The van der Waals surface area contributed by atoms with Gasteiger partial charge in [0.25, 0.3) is 0 Å². The first-order valence-electron chi connectivity index (χ1n) is 5.17. The van der Waals surface area contributed by atoms with Crippen molar-refractivity contribution in [1.82, 2.24) is 10.6 Å². The van der Waals surface area contributed by atoms with Gasteiger partial charge in [-0.25, -0.2) is 0 Å². The van der Waals surface area contributed by atoms with Crippen molar-refractivity contribution in [3.63, 3.8) is 0 Å². The fourth-order valence-electron chi connectivity index (χ4n) is 1.05. The molecule has 0 aromatic heterocycles. The van der Waals surface area contributed by atoms with Crippen LogP contribution in [0.3, 0.4) is 0 Å². The maximum Gasteiger partial charge on any atom is 0.211 e. The summed E-state index contributed by atoms with van der Waals surface area (Å²) in [5.41, 5.74) is 1.71. The van der Waals surface area contributed by atoms with E-state index in [1.54, 1.807) is 20.1 Å². The van der Waals surface area contributed by atoms with Crippen LogP contribution in [0.2, 0.25) is 0 Å². The number of hydrogen-bond acceptors (Lipinski definition) is 4. The van der Waals surface area contributed by atoms with Crippen LogP contribution in [0.1, 0.15) is 6.92 Å². The molecule has 2 N–H and O–H groups in total. The Kier molecular flexibility index (Phi) is 8.96. The monoisotopic (exact) mass is 361 g/mol. The minimum absolute atomic E-state index is 0.522. The molecule has 0 saturated carbocycles. The molecular weight excluding hydrogens is 345 g/mol. The first-order valence-corrected chi connectivity index (χ1v) is 6.25. The Labute approximate surface area is 121 Å². The van der Waals surface area contributed by atoms with E-state index in [4.69, 9.17) is 10.00 Å². The third kappa shape index (κ3) is 6.42. The van der Waals surface area contributed by atoms with Crippen molar-refractivity contribution < 1.29 is 9.53 Å². The summed E-state index contributed by atoms with van der Waals surface area (Å²) in [4.78, 5) is 10.5. The third-order valence-corrected chi connectivity index (χ3v) is 2.57. The topological polar surface area (TPSA) is 74.2 Å². The van der Waals surface area contributed by atoms with Crippen molar-refractivity contribution in [1.29, 1.82) is 5.26 Å². The number of allylic oxidation sites excluding steroid dienone is 3. The minimum atomic E-state index is 0.522. The van der Waals surface area contributed by atoms with E-state index in [2.05, 4.69) is 23.3 Å². The van der Waals surface area contributed by atoms with E-state index in [1.807, 2.05) is 22.6 Å². The Hall–Kier alpha value is -1.33. The molecule has 18 heavy (non-hydrogen) atoms. The largest absolute Gasteiger partial charge is 0.383 e. The highest BCUT2D eigenvalue weighted by Crippen LogP contribution is 2.15. The second kappa shape index (κ2) is 9.67. The minimum Gasteiger partial charge on any atom is -0.383 e. The van der Waals surface area contributed by atoms with Gasteiger partial charge in [0.05, 0.1) is 18.4 Å². The average molecular weight is 361 g/mol. The van der Waals surface area contributed by atoms with E-state index in [1.165, 1.54) is 0 Å². The van der Waals surface area contributed by atoms with Gasteiger partial charge >= 0.3 is 0 Å². The molecule has 0 heterocycles. The van der Waals surface area contributed by atoms with Crippen molar-refractivity contribution in [2.24, 2.45) is 0 Å². The first kappa shape index (κ1) is 16.7. The van der Waals surface area contributed by atoms with Gasteiger partial charge < -0.3 is 15.4 Å². The lowest BCUT2D eigenvalue weighted by Crippen LogP contribution is -2.20. The summed E-state index contributed by atoms with van der Waals surface area (Å²) in [6.45, 7) is 6.54. The number of halogens is 1. The van der Waals surface area contributed by atoms with Crippen molar-refractivity contribution in [3.05, 3.63) is 33.2 Å². The van der Waals surface area contributed by atoms with Crippen LogP contribution >= 0.6 is 22.6 Å². The highest BCUT2D eigenvalue weighted by molar-refractivity contribution is 14.1. The zero-order chi connectivity index (χ0) is 14.0. The van der Waals surface area contributed by atoms with E-state index in [-0.39, 0.29) is 0 Å². The summed E-state index contributed by atoms with van der Waals surface area (Å²) in [6.07, 6.45) is 2.25. The van der Waals surface area contributed by atoms with E-state index >= 15 is 0 Å². The molecular formula is C12H16IN3O2. The smallest absolute Gasteiger partial charge is 0.211 e. The molecule has 0 aromatic rings. The van der Waals surface area contributed by atoms with Gasteiger partial charge in [-0.3, -0.25) is 4.79 Å². The molecule has 0 rings (SSSR count). The Balaban J connectivity index is 5.09. The van der Waals surface area contributed by atoms with Gasteiger partial charge in [0.2, 0.25) is 6.41 Å². The fourth-order valence-corrected chi connectivity index (χ4v) is 1.36. The summed E-state index contributed by atoms with van der Waals surface area (Å²) in [7, 11) is 1.60. The standard InChI is InChI=1S/C12H16IN3O2/c1-9(7-14)11(15-4-5-18-3)6-12(10(2)13)16-8-17/h6,8,15H,2,4-5H2,1,3H3,(H,16,17)/b11-9-,12-6+. The van der Waals surface area contributed by atoms with Crippen molar-refractivity contribution in [2.45, 2.75) is 6.92 Å². The summed E-state index contributed by atoms with van der Waals surface area (Å²) in [5, 5.41) is 14.5. The first-order chi connectivity index (χ1) is 8.56. The van der Waals surface area contributed by atoms with Crippen LogP contribution < -0.4 is 10.6 Å². The zero-order valence-corrected chi connectivity index (χ0v) is 12.6. The van der Waals surface area contributed by atoms with Crippen LogP contribution in [0.25, 0.3) is 0 Å². The number of nitriles is 1. The fraction of sp³-hybridized carbons (Fsp3) is 0.333. The number of amides is 1. The van der Waals surface area contributed by atoms with Crippen LogP contribution in [0.4, 0.5) is 0 Å². The van der Waals surface area contributed by atoms with Crippen molar-refractivity contribution in [3.8, 4) is 6.07 Å². The summed E-state index contributed by atoms with van der Waals surface area (Å²) >= 11 is 2.00. The van der Waals surface area contributed by atoms with Crippen LogP contribution in [0, 0.1) is 11.3 Å². The lowest BCUT2D eigenvalue weighted by Gasteiger charge is -2.10. The summed E-state index contributed by atoms with van der Waals surface area (Å²) in [6, 6.07) is 2.06. The number of nitrogens with zero attached hydrogens (tertiary/aromatic N) is 1. The van der Waals surface area contributed by atoms with E-state index < -0.39 is 0 Å². The third-order valence-electron chi connectivity index (χ3n) is 1.99. The normalized spacial score (nSPS) is 12.2. The van der Waals surface area contributed by atoms with E-state index in [0.717, 1.165) is 0 Å². The molecule has 0 spiro atoms. The zero-order valence-electron chi connectivity index (χ0n) is 10.4. The van der Waals surface area contributed by atoms with Crippen molar-refractivity contribution >= 4 is 29.0 Å². The molecule has 0 fully saturated rings. The lowest BCUT2D eigenvalue weighted by molar-refractivity contribution is -0.108. The van der Waals surface area contributed by atoms with Gasteiger partial charge in [-0.2, -0.15) is 5.26 Å². The number of carbonyl (C=O) groups is 1. The lowest BCUT2D eigenvalue weighted by atomic mass is 10.2. The second-order valence-electron chi connectivity index (χ2n) is 3.30. The Morgan fingerprint density at radius 1 is 1.61 bits per heavy atom. The van der Waals surface area contributed by atoms with E-state index in [9.17, 15) is 4.79 Å². The molecule has 98 valence electrons. The van der Waals surface area contributed by atoms with Gasteiger partial charge in [-0.1, -0.05) is 6.58 Å². The van der Waals surface area contributed by atoms with Gasteiger partial charge in [-0.05, 0) is 35.6 Å². The summed E-state index contributed by atoms with van der Waals surface area (Å²) < 4.78 is 5.60. The molecule has 0 aliphatic heterocycles. The number of nitrogens with one attached hydrogen (secondary N) is 2. The number of carbonyl (C=O) groups excluding carboxylic acids is 1. The molecule has 1 amide bonds. The molecule has 0 aliphatic rings. The SMILES string of the molecule is C=C(I)/C(=C\C(NCCOC)=C(/C)C#N)NC=O. The van der Waals surface area contributed by atoms with Gasteiger partial charge in [0.1, 0.15) is 0 Å². The van der Waals surface area contributed by atoms with Gasteiger partial charge in [0.15, 0.2) is 0 Å². The Morgan fingerprint density at radius 2 is 2.28 bits per heavy atom. The van der Waals surface area contributed by atoms with Gasteiger partial charge in [0, 0.05) is 28.5 Å². The van der Waals surface area contributed by atoms with E-state index in [0.29, 0.717) is 40.1 Å². The number of methoxy groups -OCH3 is 1. The number of rotatable bonds is 8. The quantitative estimate of drug-likeness (QED) is 0.226. The predicted molar refractivity (Wildman–Crippen MR) is 78.6 cm³/mol. The van der Waals surface area contributed by atoms with Crippen molar-refractivity contribution in [2.75, 3.05) is 20.3 Å². The average Bonchev–Trinajstić information content (AvgIpc) is 2.35.